The number of imidazole rings is 1. The van der Waals surface area contributed by atoms with Crippen LogP contribution in [0.5, 0.6) is 0 Å². The van der Waals surface area contributed by atoms with Crippen LogP contribution >= 0.6 is 0 Å². The molecule has 2 heterocycles. The number of para-hydroxylation sites is 2. The van der Waals surface area contributed by atoms with Crippen molar-refractivity contribution in [2.45, 2.75) is 36.7 Å². The van der Waals surface area contributed by atoms with Gasteiger partial charge in [-0.1, -0.05) is 18.2 Å². The zero-order valence-corrected chi connectivity index (χ0v) is 15.8. The van der Waals surface area contributed by atoms with Crippen LogP contribution < -0.4 is 0 Å². The quantitative estimate of drug-likeness (QED) is 0.464. The smallest absolute Gasteiger partial charge is 0.270 e. The van der Waals surface area contributed by atoms with E-state index in [9.17, 15) is 18.5 Å². The van der Waals surface area contributed by atoms with E-state index in [4.69, 9.17) is 4.74 Å². The molecule has 0 radical (unpaired) electrons. The van der Waals surface area contributed by atoms with E-state index in [2.05, 4.69) is 4.98 Å². The molecule has 0 N–H and O–H groups in total. The lowest BCUT2D eigenvalue weighted by Gasteiger charge is -2.12. The van der Waals surface area contributed by atoms with E-state index in [1.54, 1.807) is 24.3 Å². The molecule has 0 amide bonds. The monoisotopic (exact) mass is 401 g/mol. The molecule has 8 nitrogen and oxygen atoms in total. The van der Waals surface area contributed by atoms with Crippen molar-refractivity contribution < 1.29 is 18.1 Å². The fraction of sp³-hybridized carbons (Fsp3) is 0.316. The number of non-ortho nitro benzene ring substituents is 1. The van der Waals surface area contributed by atoms with E-state index in [1.807, 2.05) is 0 Å². The maximum atomic E-state index is 13.4. The van der Waals surface area contributed by atoms with E-state index in [-0.39, 0.29) is 16.7 Å². The Kier molecular flexibility index (Phi) is 4.86. The number of nitrogens with zero attached hydrogens (tertiary/aromatic N) is 3. The molecule has 0 aliphatic carbocycles. The number of rotatable bonds is 6. The molecular formula is C19H19N3O5S. The van der Waals surface area contributed by atoms with Gasteiger partial charge in [-0.05, 0) is 37.5 Å². The third kappa shape index (κ3) is 3.38. The Morgan fingerprint density at radius 2 is 2.04 bits per heavy atom. The van der Waals surface area contributed by atoms with Crippen molar-refractivity contribution >= 4 is 26.7 Å². The van der Waals surface area contributed by atoms with Crippen LogP contribution in [0, 0.1) is 10.1 Å². The van der Waals surface area contributed by atoms with Gasteiger partial charge in [-0.3, -0.25) is 10.1 Å². The van der Waals surface area contributed by atoms with Gasteiger partial charge in [0.25, 0.3) is 15.7 Å². The molecule has 0 spiro atoms. The molecule has 2 aromatic carbocycles. The highest BCUT2D eigenvalue weighted by Crippen LogP contribution is 2.27. The Bertz CT molecular complexity index is 1130. The van der Waals surface area contributed by atoms with Gasteiger partial charge in [-0.2, -0.15) is 0 Å². The third-order valence-electron chi connectivity index (χ3n) is 4.87. The maximum Gasteiger partial charge on any atom is 0.270 e. The average Bonchev–Trinajstić information content (AvgIpc) is 3.33. The Balaban J connectivity index is 1.80. The van der Waals surface area contributed by atoms with Crippen LogP contribution in [0.3, 0.4) is 0 Å². The minimum Gasteiger partial charge on any atom is -0.378 e. The summed E-state index contributed by atoms with van der Waals surface area (Å²) in [5.41, 5.74) is 0.751. The molecule has 1 aliphatic rings. The molecule has 4 rings (SSSR count). The summed E-state index contributed by atoms with van der Waals surface area (Å²) in [7, 11) is -4.05. The zero-order chi connectivity index (χ0) is 19.7. The summed E-state index contributed by atoms with van der Waals surface area (Å²) >= 11 is 0. The highest BCUT2D eigenvalue weighted by Gasteiger charge is 2.26. The predicted octanol–water partition coefficient (Wildman–Crippen LogP) is 3.29. The first kappa shape index (κ1) is 18.6. The standard InChI is InChI=1S/C19H19N3O5S/c23-22(24)14-5-3-7-16(13-14)28(25,26)21-18-9-2-1-8-17(18)20-19(21)11-10-15-6-4-12-27-15/h1-3,5,7-9,13,15H,4,6,10-12H2. The van der Waals surface area contributed by atoms with Crippen LogP contribution in [0.25, 0.3) is 11.0 Å². The first-order chi connectivity index (χ1) is 13.5. The second kappa shape index (κ2) is 7.33. The molecule has 1 fully saturated rings. The number of benzene rings is 2. The summed E-state index contributed by atoms with van der Waals surface area (Å²) in [6, 6.07) is 12.1. The minimum absolute atomic E-state index is 0.105. The number of aromatic nitrogens is 2. The summed E-state index contributed by atoms with van der Waals surface area (Å²) in [5.74, 6) is 0.406. The Hall–Kier alpha value is -2.78. The first-order valence-corrected chi connectivity index (χ1v) is 10.5. The normalized spacial score (nSPS) is 17.2. The molecule has 1 atom stereocenters. The fourth-order valence-corrected chi connectivity index (χ4v) is 5.06. The fourth-order valence-electron chi connectivity index (χ4n) is 3.50. The van der Waals surface area contributed by atoms with Gasteiger partial charge in [-0.25, -0.2) is 17.4 Å². The minimum atomic E-state index is -4.05. The van der Waals surface area contributed by atoms with Crippen LogP contribution in [0.2, 0.25) is 0 Å². The lowest BCUT2D eigenvalue weighted by Crippen LogP contribution is -2.17. The van der Waals surface area contributed by atoms with Gasteiger partial charge in [0.05, 0.1) is 27.0 Å². The molecule has 1 unspecified atom stereocenters. The van der Waals surface area contributed by atoms with Gasteiger partial charge in [0.15, 0.2) is 0 Å². The second-order valence-electron chi connectivity index (χ2n) is 6.71. The number of hydrogen-bond acceptors (Lipinski definition) is 6. The first-order valence-electron chi connectivity index (χ1n) is 9.05. The predicted molar refractivity (Wildman–Crippen MR) is 103 cm³/mol. The summed E-state index contributed by atoms with van der Waals surface area (Å²) in [6.45, 7) is 0.729. The van der Waals surface area contributed by atoms with Crippen molar-refractivity contribution in [3.8, 4) is 0 Å². The van der Waals surface area contributed by atoms with Gasteiger partial charge in [-0.15, -0.1) is 0 Å². The number of nitro groups is 1. The van der Waals surface area contributed by atoms with Crippen molar-refractivity contribution in [1.82, 2.24) is 8.96 Å². The molecule has 9 heteroatoms. The Labute approximate surface area is 162 Å². The molecule has 1 aliphatic heterocycles. The Morgan fingerprint density at radius 1 is 1.21 bits per heavy atom. The lowest BCUT2D eigenvalue weighted by atomic mass is 10.1. The molecule has 146 valence electrons. The summed E-state index contributed by atoms with van der Waals surface area (Å²) in [6.07, 6.45) is 3.18. The van der Waals surface area contributed by atoms with E-state index in [1.165, 1.54) is 22.2 Å². The summed E-state index contributed by atoms with van der Waals surface area (Å²) in [4.78, 5) is 14.8. The van der Waals surface area contributed by atoms with Gasteiger partial charge >= 0.3 is 0 Å². The molecule has 0 bridgehead atoms. The summed E-state index contributed by atoms with van der Waals surface area (Å²) < 4.78 is 33.6. The molecular weight excluding hydrogens is 382 g/mol. The van der Waals surface area contributed by atoms with Crippen molar-refractivity contribution in [1.29, 1.82) is 0 Å². The topological polar surface area (TPSA) is 104 Å². The largest absolute Gasteiger partial charge is 0.378 e. The van der Waals surface area contributed by atoms with Gasteiger partial charge in [0.1, 0.15) is 5.82 Å². The number of aryl methyl sites for hydroxylation is 1. The van der Waals surface area contributed by atoms with Crippen LogP contribution in [-0.4, -0.2) is 35.0 Å². The Morgan fingerprint density at radius 3 is 2.79 bits per heavy atom. The number of hydrogen-bond donors (Lipinski definition) is 0. The van der Waals surface area contributed by atoms with E-state index >= 15 is 0 Å². The molecule has 28 heavy (non-hydrogen) atoms. The van der Waals surface area contributed by atoms with Crippen molar-refractivity contribution in [3.63, 3.8) is 0 Å². The zero-order valence-electron chi connectivity index (χ0n) is 15.0. The lowest BCUT2D eigenvalue weighted by molar-refractivity contribution is -0.385. The van der Waals surface area contributed by atoms with Crippen LogP contribution in [0.4, 0.5) is 5.69 Å². The van der Waals surface area contributed by atoms with Crippen LogP contribution in [0.15, 0.2) is 53.4 Å². The third-order valence-corrected chi connectivity index (χ3v) is 6.60. The van der Waals surface area contributed by atoms with Gasteiger partial charge < -0.3 is 4.74 Å². The van der Waals surface area contributed by atoms with Crippen molar-refractivity contribution in [2.75, 3.05) is 6.61 Å². The highest BCUT2D eigenvalue weighted by molar-refractivity contribution is 7.90. The van der Waals surface area contributed by atoms with Crippen molar-refractivity contribution in [3.05, 3.63) is 64.5 Å². The van der Waals surface area contributed by atoms with Crippen LogP contribution in [0.1, 0.15) is 25.1 Å². The molecule has 1 aromatic heterocycles. The van der Waals surface area contributed by atoms with Gasteiger partial charge in [0, 0.05) is 25.2 Å². The number of fused-ring (bicyclic) bond motifs is 1. The van der Waals surface area contributed by atoms with Crippen molar-refractivity contribution in [2.24, 2.45) is 0 Å². The highest BCUT2D eigenvalue weighted by atomic mass is 32.2. The second-order valence-corrected chi connectivity index (χ2v) is 8.50. The molecule has 1 saturated heterocycles. The SMILES string of the molecule is O=[N+]([O-])c1cccc(S(=O)(=O)n2c(CCC3CCCO3)nc3ccccc32)c1. The van der Waals surface area contributed by atoms with E-state index in [0.717, 1.165) is 25.5 Å². The average molecular weight is 401 g/mol. The maximum absolute atomic E-state index is 13.4. The number of nitro benzene ring substituents is 1. The summed E-state index contributed by atoms with van der Waals surface area (Å²) in [5, 5.41) is 11.1. The van der Waals surface area contributed by atoms with E-state index in [0.29, 0.717) is 29.7 Å². The van der Waals surface area contributed by atoms with Gasteiger partial charge in [0.2, 0.25) is 0 Å². The van der Waals surface area contributed by atoms with Crippen LogP contribution in [-0.2, 0) is 21.2 Å². The van der Waals surface area contributed by atoms with E-state index < -0.39 is 14.9 Å². The molecule has 3 aromatic rings. The number of ether oxygens (including phenoxy) is 1. The molecule has 0 saturated carbocycles.